The normalized spacial score (nSPS) is 25.9. The smallest absolute Gasteiger partial charge is 0.139 e. The quantitative estimate of drug-likeness (QED) is 0.738. The van der Waals surface area contributed by atoms with Crippen LogP contribution < -0.4 is 4.90 Å². The molecule has 0 N–H and O–H groups in total. The lowest BCUT2D eigenvalue weighted by atomic mass is 9.90. The van der Waals surface area contributed by atoms with E-state index in [1.165, 1.54) is 9.26 Å². The molecule has 0 saturated carbocycles. The maximum absolute atomic E-state index is 11.6. The van der Waals surface area contributed by atoms with Gasteiger partial charge in [0.2, 0.25) is 0 Å². The van der Waals surface area contributed by atoms with E-state index in [-0.39, 0.29) is 5.92 Å². The first-order valence-electron chi connectivity index (χ1n) is 5.65. The van der Waals surface area contributed by atoms with E-state index in [4.69, 9.17) is 0 Å². The Balaban J connectivity index is 2.29. The highest BCUT2D eigenvalue weighted by Gasteiger charge is 2.31. The molecule has 0 amide bonds. The van der Waals surface area contributed by atoms with Crippen molar-refractivity contribution < 1.29 is 4.79 Å². The van der Waals surface area contributed by atoms with Crippen molar-refractivity contribution in [3.05, 3.63) is 27.8 Å². The summed E-state index contributed by atoms with van der Waals surface area (Å²) in [4.78, 5) is 14.0. The van der Waals surface area contributed by atoms with Crippen LogP contribution in [0.1, 0.15) is 20.3 Å². The number of para-hydroxylation sites is 1. The molecule has 3 heteroatoms. The summed E-state index contributed by atoms with van der Waals surface area (Å²) < 4.78 is 1.26. The molecule has 0 bridgehead atoms. The summed E-state index contributed by atoms with van der Waals surface area (Å²) in [6, 6.07) is 8.67. The fourth-order valence-corrected chi connectivity index (χ4v) is 2.92. The molecule has 0 aliphatic carbocycles. The van der Waals surface area contributed by atoms with E-state index in [2.05, 4.69) is 58.7 Å². The molecule has 2 unspecified atom stereocenters. The van der Waals surface area contributed by atoms with Crippen molar-refractivity contribution in [3.63, 3.8) is 0 Å². The summed E-state index contributed by atoms with van der Waals surface area (Å²) in [7, 11) is 0. The van der Waals surface area contributed by atoms with Crippen molar-refractivity contribution in [3.8, 4) is 0 Å². The van der Waals surface area contributed by atoms with Crippen LogP contribution in [-0.4, -0.2) is 18.4 Å². The van der Waals surface area contributed by atoms with Gasteiger partial charge in [0.1, 0.15) is 5.78 Å². The van der Waals surface area contributed by atoms with Crippen LogP contribution in [0.25, 0.3) is 0 Å². The molecule has 0 radical (unpaired) electrons. The average molecular weight is 329 g/mol. The van der Waals surface area contributed by atoms with Gasteiger partial charge in [-0.25, -0.2) is 0 Å². The maximum Gasteiger partial charge on any atom is 0.139 e. The molecule has 0 spiro atoms. The number of ketones is 1. The number of carbonyl (C=O) groups excluding carboxylic acids is 1. The number of benzene rings is 1. The molecule has 1 fully saturated rings. The second-order valence-electron chi connectivity index (χ2n) is 4.39. The van der Waals surface area contributed by atoms with Crippen LogP contribution in [0, 0.1) is 9.49 Å². The number of carbonyl (C=O) groups is 1. The molecule has 1 aliphatic heterocycles. The number of piperidine rings is 1. The predicted octanol–water partition coefficient (Wildman–Crippen LogP) is 3.10. The Hall–Kier alpha value is -0.580. The Morgan fingerprint density at radius 3 is 2.69 bits per heavy atom. The van der Waals surface area contributed by atoms with E-state index in [1.54, 1.807) is 0 Å². The van der Waals surface area contributed by atoms with E-state index < -0.39 is 0 Å². The van der Waals surface area contributed by atoms with Crippen LogP contribution in [0.4, 0.5) is 5.69 Å². The van der Waals surface area contributed by atoms with Crippen LogP contribution in [0.5, 0.6) is 0 Å². The van der Waals surface area contributed by atoms with Crippen molar-refractivity contribution in [2.24, 2.45) is 5.92 Å². The van der Waals surface area contributed by atoms with Crippen molar-refractivity contribution in [1.29, 1.82) is 0 Å². The summed E-state index contributed by atoms with van der Waals surface area (Å²) in [5, 5.41) is 0. The van der Waals surface area contributed by atoms with Crippen LogP contribution in [0.15, 0.2) is 24.3 Å². The molecular weight excluding hydrogens is 313 g/mol. The lowest BCUT2D eigenvalue weighted by Crippen LogP contribution is -2.47. The molecule has 2 rings (SSSR count). The summed E-state index contributed by atoms with van der Waals surface area (Å²) in [5.74, 6) is 0.541. The largest absolute Gasteiger partial charge is 0.367 e. The van der Waals surface area contributed by atoms with Gasteiger partial charge in [-0.15, -0.1) is 0 Å². The number of hydrogen-bond donors (Lipinski definition) is 0. The van der Waals surface area contributed by atoms with Gasteiger partial charge in [0, 0.05) is 28.5 Å². The van der Waals surface area contributed by atoms with Gasteiger partial charge in [-0.2, -0.15) is 0 Å². The SMILES string of the molecule is CC1C(=O)CCN(c2ccccc2I)C1C. The summed E-state index contributed by atoms with van der Waals surface area (Å²) in [6.45, 7) is 5.03. The molecule has 16 heavy (non-hydrogen) atoms. The minimum Gasteiger partial charge on any atom is -0.367 e. The molecule has 0 aromatic heterocycles. The van der Waals surface area contributed by atoms with Gasteiger partial charge in [-0.1, -0.05) is 19.1 Å². The van der Waals surface area contributed by atoms with Gasteiger partial charge in [0.25, 0.3) is 0 Å². The lowest BCUT2D eigenvalue weighted by Gasteiger charge is -2.39. The third kappa shape index (κ3) is 2.10. The average Bonchev–Trinajstić information content (AvgIpc) is 2.28. The highest BCUT2D eigenvalue weighted by atomic mass is 127. The lowest BCUT2D eigenvalue weighted by molar-refractivity contribution is -0.123. The summed E-state index contributed by atoms with van der Waals surface area (Å²) in [5.41, 5.74) is 1.26. The minimum atomic E-state index is 0.143. The van der Waals surface area contributed by atoms with Gasteiger partial charge < -0.3 is 4.90 Å². The highest BCUT2D eigenvalue weighted by Crippen LogP contribution is 2.29. The molecular formula is C13H16INO. The summed E-state index contributed by atoms with van der Waals surface area (Å²) >= 11 is 2.36. The van der Waals surface area contributed by atoms with Crippen molar-refractivity contribution >= 4 is 34.1 Å². The van der Waals surface area contributed by atoms with Crippen LogP contribution >= 0.6 is 22.6 Å². The van der Waals surface area contributed by atoms with Crippen LogP contribution in [-0.2, 0) is 4.79 Å². The first kappa shape index (κ1) is 11.9. The fraction of sp³-hybridized carbons (Fsp3) is 0.462. The number of halogens is 1. The molecule has 86 valence electrons. The standard InChI is InChI=1S/C13H16INO/c1-9-10(2)15(8-7-13(9)16)12-6-4-3-5-11(12)14/h3-6,9-10H,7-8H2,1-2H3. The Labute approximate surface area is 110 Å². The second kappa shape index (κ2) is 4.73. The van der Waals surface area contributed by atoms with Gasteiger partial charge in [0.05, 0.1) is 5.69 Å². The fourth-order valence-electron chi connectivity index (χ4n) is 2.23. The highest BCUT2D eigenvalue weighted by molar-refractivity contribution is 14.1. The van der Waals surface area contributed by atoms with E-state index >= 15 is 0 Å². The Kier molecular flexibility index (Phi) is 3.52. The molecule has 1 aliphatic rings. The van der Waals surface area contributed by atoms with Crippen LogP contribution in [0.2, 0.25) is 0 Å². The van der Waals surface area contributed by atoms with E-state index in [0.717, 1.165) is 6.54 Å². The van der Waals surface area contributed by atoms with Crippen molar-refractivity contribution in [2.75, 3.05) is 11.4 Å². The first-order valence-corrected chi connectivity index (χ1v) is 6.73. The van der Waals surface area contributed by atoms with Crippen molar-refractivity contribution in [1.82, 2.24) is 0 Å². The third-order valence-electron chi connectivity index (χ3n) is 3.48. The van der Waals surface area contributed by atoms with Crippen LogP contribution in [0.3, 0.4) is 0 Å². The zero-order valence-corrected chi connectivity index (χ0v) is 11.8. The topological polar surface area (TPSA) is 20.3 Å². The zero-order valence-electron chi connectivity index (χ0n) is 9.61. The number of hydrogen-bond acceptors (Lipinski definition) is 2. The van der Waals surface area contributed by atoms with E-state index in [9.17, 15) is 4.79 Å². The second-order valence-corrected chi connectivity index (χ2v) is 5.55. The van der Waals surface area contributed by atoms with Gasteiger partial charge in [-0.3, -0.25) is 4.79 Å². The molecule has 1 saturated heterocycles. The monoisotopic (exact) mass is 329 g/mol. The third-order valence-corrected chi connectivity index (χ3v) is 4.40. The number of rotatable bonds is 1. The Morgan fingerprint density at radius 1 is 1.31 bits per heavy atom. The van der Waals surface area contributed by atoms with Gasteiger partial charge >= 0.3 is 0 Å². The van der Waals surface area contributed by atoms with Gasteiger partial charge in [0.15, 0.2) is 0 Å². The number of Topliss-reactive ketones (excluding diaryl/α,β-unsaturated/α-hetero) is 1. The van der Waals surface area contributed by atoms with E-state index in [0.29, 0.717) is 18.2 Å². The molecule has 2 atom stereocenters. The number of nitrogens with zero attached hydrogens (tertiary/aromatic N) is 1. The van der Waals surface area contributed by atoms with E-state index in [1.807, 2.05) is 6.92 Å². The summed E-state index contributed by atoms with van der Waals surface area (Å²) in [6.07, 6.45) is 0.677. The van der Waals surface area contributed by atoms with Gasteiger partial charge in [-0.05, 0) is 41.6 Å². The molecule has 1 aromatic rings. The molecule has 1 aromatic carbocycles. The zero-order chi connectivity index (χ0) is 11.7. The maximum atomic E-state index is 11.6. The van der Waals surface area contributed by atoms with Crippen molar-refractivity contribution in [2.45, 2.75) is 26.3 Å². The first-order chi connectivity index (χ1) is 7.61. The Bertz CT molecular complexity index is 405. The number of anilines is 1. The molecule has 1 heterocycles. The molecule has 2 nitrogen and oxygen atoms in total. The predicted molar refractivity (Wildman–Crippen MR) is 74.8 cm³/mol. The Morgan fingerprint density at radius 2 is 2.00 bits per heavy atom. The minimum absolute atomic E-state index is 0.143.